The molecule has 6 nitrogen and oxygen atoms in total. The third kappa shape index (κ3) is 5.30. The molecule has 0 fully saturated rings. The summed E-state index contributed by atoms with van der Waals surface area (Å²) >= 11 is 0.701. The van der Waals surface area contributed by atoms with E-state index in [0.29, 0.717) is 23.9 Å². The highest BCUT2D eigenvalue weighted by atomic mass is 32.2. The molecule has 2 aromatic carbocycles. The Kier molecular flexibility index (Phi) is 6.34. The van der Waals surface area contributed by atoms with E-state index >= 15 is 0 Å². The molecule has 32 heavy (non-hydrogen) atoms. The van der Waals surface area contributed by atoms with Crippen molar-refractivity contribution in [2.75, 3.05) is 16.9 Å². The van der Waals surface area contributed by atoms with Gasteiger partial charge < -0.3 is 11.2 Å². The van der Waals surface area contributed by atoms with Gasteiger partial charge in [0, 0.05) is 5.69 Å². The number of nitrogens with one attached hydrogen (secondary N) is 1. The van der Waals surface area contributed by atoms with Crippen molar-refractivity contribution in [3.05, 3.63) is 59.4 Å². The lowest BCUT2D eigenvalue weighted by Gasteiger charge is -2.14. The van der Waals surface area contributed by atoms with Crippen molar-refractivity contribution in [1.29, 1.82) is 0 Å². The number of nitrogens with zero attached hydrogens (tertiary/aromatic N) is 3. The van der Waals surface area contributed by atoms with Gasteiger partial charge in [0.2, 0.25) is 11.1 Å². The van der Waals surface area contributed by atoms with E-state index in [2.05, 4.69) is 10.2 Å². The SMILES string of the molecule is Nn1c(SCC(=O)Nc2cc(C(F)(F)F)cc(C(F)(F)F)c2)nnc1-c1ccccc1F. The number of nitrogen functional groups attached to an aromatic ring is 1. The van der Waals surface area contributed by atoms with Crippen molar-refractivity contribution in [3.8, 4) is 11.4 Å². The monoisotopic (exact) mass is 479 g/mol. The Hall–Kier alpha value is -3.29. The number of thioether (sulfide) groups is 1. The Morgan fingerprint density at radius 1 is 1.00 bits per heavy atom. The van der Waals surface area contributed by atoms with Gasteiger partial charge >= 0.3 is 12.4 Å². The normalized spacial score (nSPS) is 12.1. The summed E-state index contributed by atoms with van der Waals surface area (Å²) in [7, 11) is 0. The number of carbonyl (C=O) groups is 1. The molecule has 0 aliphatic carbocycles. The average Bonchev–Trinajstić information content (AvgIpc) is 3.05. The highest BCUT2D eigenvalue weighted by molar-refractivity contribution is 7.99. The summed E-state index contributed by atoms with van der Waals surface area (Å²) in [6.45, 7) is 0. The van der Waals surface area contributed by atoms with E-state index in [9.17, 15) is 35.5 Å². The molecule has 1 aromatic heterocycles. The van der Waals surface area contributed by atoms with Crippen LogP contribution in [0.3, 0.4) is 0 Å². The van der Waals surface area contributed by atoms with Crippen LogP contribution in [0.2, 0.25) is 0 Å². The first-order valence-corrected chi connectivity index (χ1v) is 9.52. The Bertz CT molecular complexity index is 1110. The van der Waals surface area contributed by atoms with Gasteiger partial charge in [-0.05, 0) is 30.3 Å². The summed E-state index contributed by atoms with van der Waals surface area (Å²) < 4.78 is 92.3. The fourth-order valence-corrected chi connectivity index (χ4v) is 3.21. The molecule has 170 valence electrons. The van der Waals surface area contributed by atoms with E-state index < -0.39 is 46.6 Å². The molecule has 3 N–H and O–H groups in total. The summed E-state index contributed by atoms with van der Waals surface area (Å²) in [6, 6.07) is 6.29. The van der Waals surface area contributed by atoms with Gasteiger partial charge in [0.15, 0.2) is 5.82 Å². The molecule has 1 amide bonds. The van der Waals surface area contributed by atoms with Crippen LogP contribution in [0.4, 0.5) is 36.4 Å². The standard InChI is InChI=1S/C18H12F7N5OS/c19-13-4-2-1-3-12(13)15-28-29-16(30(15)26)32-8-14(31)27-11-6-9(17(20,21)22)5-10(7-11)18(23,24)25/h1-7H,8,26H2,(H,27,31). The molecule has 0 spiro atoms. The zero-order valence-corrected chi connectivity index (χ0v) is 16.4. The number of alkyl halides is 6. The smallest absolute Gasteiger partial charge is 0.335 e. The summed E-state index contributed by atoms with van der Waals surface area (Å²) in [6.07, 6.45) is -10.1. The van der Waals surface area contributed by atoms with Gasteiger partial charge in [0.1, 0.15) is 5.82 Å². The molecule has 14 heteroatoms. The molecule has 0 unspecified atom stereocenters. The highest BCUT2D eigenvalue weighted by Crippen LogP contribution is 2.37. The van der Waals surface area contributed by atoms with Gasteiger partial charge in [0.25, 0.3) is 0 Å². The first kappa shape index (κ1) is 23.4. The molecule has 0 aliphatic rings. The zero-order chi connectivity index (χ0) is 23.7. The molecule has 3 rings (SSSR count). The van der Waals surface area contributed by atoms with Gasteiger partial charge in [-0.1, -0.05) is 23.9 Å². The number of halogens is 7. The summed E-state index contributed by atoms with van der Waals surface area (Å²) in [5, 5.41) is 9.40. The van der Waals surface area contributed by atoms with Crippen LogP contribution >= 0.6 is 11.8 Å². The second-order valence-corrected chi connectivity index (χ2v) is 7.23. The molecule has 0 atom stereocenters. The number of nitrogens with two attached hydrogens (primary N) is 1. The van der Waals surface area contributed by atoms with Crippen molar-refractivity contribution in [1.82, 2.24) is 14.9 Å². The van der Waals surface area contributed by atoms with Crippen molar-refractivity contribution < 1.29 is 35.5 Å². The maximum Gasteiger partial charge on any atom is 0.416 e. The first-order valence-electron chi connectivity index (χ1n) is 8.54. The minimum absolute atomic E-state index is 0.0292. The minimum atomic E-state index is -5.05. The molecule has 1 heterocycles. The molecule has 0 aliphatic heterocycles. The highest BCUT2D eigenvalue weighted by Gasteiger charge is 2.37. The fraction of sp³-hybridized carbons (Fsp3) is 0.167. The van der Waals surface area contributed by atoms with E-state index in [1.807, 2.05) is 5.32 Å². The van der Waals surface area contributed by atoms with Crippen LogP contribution in [-0.2, 0) is 17.1 Å². The van der Waals surface area contributed by atoms with Crippen LogP contribution in [0.25, 0.3) is 11.4 Å². The number of benzene rings is 2. The van der Waals surface area contributed by atoms with E-state index in [0.717, 1.165) is 4.68 Å². The molecular weight excluding hydrogens is 467 g/mol. The third-order valence-electron chi connectivity index (χ3n) is 3.98. The number of aromatic nitrogens is 3. The van der Waals surface area contributed by atoms with Gasteiger partial charge in [-0.2, -0.15) is 26.3 Å². The molecule has 0 radical (unpaired) electrons. The number of amides is 1. The topological polar surface area (TPSA) is 85.8 Å². The van der Waals surface area contributed by atoms with Gasteiger partial charge in [-0.25, -0.2) is 9.07 Å². The Morgan fingerprint density at radius 3 is 2.16 bits per heavy atom. The van der Waals surface area contributed by atoms with Gasteiger partial charge in [-0.15, -0.1) is 10.2 Å². The number of hydrogen-bond donors (Lipinski definition) is 2. The van der Waals surface area contributed by atoms with Crippen molar-refractivity contribution in [2.24, 2.45) is 0 Å². The predicted molar refractivity (Wildman–Crippen MR) is 101 cm³/mol. The van der Waals surface area contributed by atoms with Crippen molar-refractivity contribution in [3.63, 3.8) is 0 Å². The van der Waals surface area contributed by atoms with E-state index in [-0.39, 0.29) is 22.6 Å². The zero-order valence-electron chi connectivity index (χ0n) is 15.6. The number of hydrogen-bond acceptors (Lipinski definition) is 5. The average molecular weight is 479 g/mol. The number of anilines is 1. The quantitative estimate of drug-likeness (QED) is 0.318. The molecular formula is C18H12F7N5OS. The largest absolute Gasteiger partial charge is 0.416 e. The third-order valence-corrected chi connectivity index (χ3v) is 4.93. The lowest BCUT2D eigenvalue weighted by atomic mass is 10.1. The lowest BCUT2D eigenvalue weighted by molar-refractivity contribution is -0.143. The number of carbonyl (C=O) groups excluding carboxylic acids is 1. The van der Waals surface area contributed by atoms with Crippen LogP contribution in [0.5, 0.6) is 0 Å². The molecule has 0 bridgehead atoms. The number of rotatable bonds is 5. The second kappa shape index (κ2) is 8.68. The maximum absolute atomic E-state index is 13.9. The summed E-state index contributed by atoms with van der Waals surface area (Å²) in [5.41, 5.74) is -3.76. The van der Waals surface area contributed by atoms with Crippen LogP contribution in [0.15, 0.2) is 47.6 Å². The van der Waals surface area contributed by atoms with Gasteiger partial charge in [0.05, 0.1) is 22.4 Å². The molecule has 0 saturated heterocycles. The molecule has 0 saturated carbocycles. The Morgan fingerprint density at radius 2 is 1.59 bits per heavy atom. The van der Waals surface area contributed by atoms with E-state index in [1.165, 1.54) is 24.3 Å². The van der Waals surface area contributed by atoms with Crippen LogP contribution in [0, 0.1) is 5.82 Å². The van der Waals surface area contributed by atoms with E-state index in [1.54, 1.807) is 0 Å². The van der Waals surface area contributed by atoms with Crippen molar-refractivity contribution in [2.45, 2.75) is 17.5 Å². The van der Waals surface area contributed by atoms with Crippen molar-refractivity contribution >= 4 is 23.4 Å². The Balaban J connectivity index is 1.74. The van der Waals surface area contributed by atoms with Gasteiger partial charge in [-0.3, -0.25) is 4.79 Å². The maximum atomic E-state index is 13.9. The van der Waals surface area contributed by atoms with Crippen LogP contribution < -0.4 is 11.2 Å². The van der Waals surface area contributed by atoms with Crippen LogP contribution in [-0.4, -0.2) is 26.5 Å². The lowest BCUT2D eigenvalue weighted by Crippen LogP contribution is -2.18. The summed E-state index contributed by atoms with van der Waals surface area (Å²) in [4.78, 5) is 12.1. The molecule has 3 aromatic rings. The fourth-order valence-electron chi connectivity index (χ4n) is 2.56. The minimum Gasteiger partial charge on any atom is -0.335 e. The first-order chi connectivity index (χ1) is 14.9. The second-order valence-electron chi connectivity index (χ2n) is 6.29. The predicted octanol–water partition coefficient (Wildman–Crippen LogP) is 4.57. The Labute approximate surface area is 179 Å². The summed E-state index contributed by atoms with van der Waals surface area (Å²) in [5.74, 6) is 3.75. The van der Waals surface area contributed by atoms with Crippen LogP contribution in [0.1, 0.15) is 11.1 Å². The van der Waals surface area contributed by atoms with E-state index in [4.69, 9.17) is 5.84 Å².